The minimum Gasteiger partial charge on any atom is -0.438 e. The first-order valence-corrected chi connectivity index (χ1v) is 8.92. The molecule has 0 amide bonds. The van der Waals surface area contributed by atoms with Gasteiger partial charge in [-0.05, 0) is 43.7 Å². The number of aromatic nitrogens is 4. The fourth-order valence-corrected chi connectivity index (χ4v) is 3.65. The summed E-state index contributed by atoms with van der Waals surface area (Å²) in [5, 5.41) is 0. The maximum atomic E-state index is 11.9. The van der Waals surface area contributed by atoms with Crippen LogP contribution in [0.2, 0.25) is 0 Å². The van der Waals surface area contributed by atoms with Crippen LogP contribution in [-0.4, -0.2) is 19.5 Å². The Labute approximate surface area is 153 Å². The summed E-state index contributed by atoms with van der Waals surface area (Å²) in [4.78, 5) is 24.7. The predicted octanol–water partition coefficient (Wildman–Crippen LogP) is 3.86. The third-order valence-electron chi connectivity index (χ3n) is 4.26. The molecular formula is C19H16N4O2S. The van der Waals surface area contributed by atoms with Crippen LogP contribution in [-0.2, 0) is 7.05 Å². The van der Waals surface area contributed by atoms with E-state index in [1.807, 2.05) is 38.1 Å². The number of aryl methyl sites for hydroxylation is 2. The van der Waals surface area contributed by atoms with E-state index < -0.39 is 0 Å². The van der Waals surface area contributed by atoms with E-state index in [1.54, 1.807) is 23.3 Å². The van der Waals surface area contributed by atoms with Crippen LogP contribution in [0, 0.1) is 13.8 Å². The molecule has 0 aliphatic carbocycles. The van der Waals surface area contributed by atoms with Gasteiger partial charge in [-0.1, -0.05) is 0 Å². The fraction of sp³-hybridized carbons (Fsp3) is 0.158. The fourth-order valence-electron chi connectivity index (χ4n) is 2.95. The second kappa shape index (κ2) is 6.34. The SMILES string of the molecule is Cc1cc(Oc2nccc3ncsc23)ccc1-c1c(C)ncc(=O)n1C. The summed E-state index contributed by atoms with van der Waals surface area (Å²) in [6.07, 6.45) is 3.03. The highest BCUT2D eigenvalue weighted by Gasteiger charge is 2.13. The zero-order valence-electron chi connectivity index (χ0n) is 14.6. The molecule has 0 fully saturated rings. The number of thiazole rings is 1. The predicted molar refractivity (Wildman–Crippen MR) is 102 cm³/mol. The maximum Gasteiger partial charge on any atom is 0.269 e. The van der Waals surface area contributed by atoms with Crippen molar-refractivity contribution in [3.8, 4) is 22.9 Å². The van der Waals surface area contributed by atoms with Gasteiger partial charge in [0.05, 0.1) is 28.6 Å². The number of nitrogens with zero attached hydrogens (tertiary/aromatic N) is 4. The minimum atomic E-state index is -0.133. The zero-order chi connectivity index (χ0) is 18.3. The lowest BCUT2D eigenvalue weighted by atomic mass is 10.0. The zero-order valence-corrected chi connectivity index (χ0v) is 15.4. The molecule has 0 saturated carbocycles. The lowest BCUT2D eigenvalue weighted by Gasteiger charge is -2.14. The molecule has 26 heavy (non-hydrogen) atoms. The third kappa shape index (κ3) is 2.76. The van der Waals surface area contributed by atoms with E-state index in [1.165, 1.54) is 17.5 Å². The van der Waals surface area contributed by atoms with Gasteiger partial charge in [0.25, 0.3) is 5.56 Å². The molecule has 4 rings (SSSR count). The summed E-state index contributed by atoms with van der Waals surface area (Å²) < 4.78 is 8.51. The quantitative estimate of drug-likeness (QED) is 0.552. The van der Waals surface area contributed by atoms with Crippen molar-refractivity contribution < 1.29 is 4.74 Å². The molecule has 6 nitrogen and oxygen atoms in total. The Bertz CT molecular complexity index is 1180. The van der Waals surface area contributed by atoms with E-state index >= 15 is 0 Å². The Morgan fingerprint density at radius 1 is 1.12 bits per heavy atom. The van der Waals surface area contributed by atoms with Crippen molar-refractivity contribution >= 4 is 21.6 Å². The number of hydrogen-bond acceptors (Lipinski definition) is 6. The van der Waals surface area contributed by atoms with Gasteiger partial charge >= 0.3 is 0 Å². The largest absolute Gasteiger partial charge is 0.438 e. The molecule has 0 unspecified atom stereocenters. The van der Waals surface area contributed by atoms with Crippen LogP contribution in [0.4, 0.5) is 0 Å². The van der Waals surface area contributed by atoms with Gasteiger partial charge in [0.1, 0.15) is 10.4 Å². The lowest BCUT2D eigenvalue weighted by molar-refractivity contribution is 0.469. The molecular weight excluding hydrogens is 348 g/mol. The molecule has 4 aromatic rings. The van der Waals surface area contributed by atoms with Crippen molar-refractivity contribution in [1.82, 2.24) is 19.5 Å². The first-order chi connectivity index (χ1) is 12.5. The van der Waals surface area contributed by atoms with E-state index in [4.69, 9.17) is 4.74 Å². The van der Waals surface area contributed by atoms with Gasteiger partial charge in [-0.25, -0.2) is 9.97 Å². The lowest BCUT2D eigenvalue weighted by Crippen LogP contribution is -2.19. The van der Waals surface area contributed by atoms with E-state index in [-0.39, 0.29) is 5.56 Å². The Kier molecular flexibility index (Phi) is 4.00. The summed E-state index contributed by atoms with van der Waals surface area (Å²) >= 11 is 1.50. The van der Waals surface area contributed by atoms with Crippen molar-refractivity contribution in [2.45, 2.75) is 13.8 Å². The standard InChI is InChI=1S/C19H16N4O2S/c1-11-8-13(25-19-18-15(6-7-20-19)22-10-26-18)4-5-14(11)17-12(2)21-9-16(24)23(17)3/h4-10H,1-3H3. The monoisotopic (exact) mass is 364 g/mol. The number of rotatable bonds is 3. The number of pyridine rings is 1. The first-order valence-electron chi connectivity index (χ1n) is 8.04. The topological polar surface area (TPSA) is 69.9 Å². The van der Waals surface area contributed by atoms with Gasteiger partial charge in [-0.15, -0.1) is 11.3 Å². The summed E-state index contributed by atoms with van der Waals surface area (Å²) in [5.74, 6) is 1.23. The molecule has 130 valence electrons. The molecule has 7 heteroatoms. The van der Waals surface area contributed by atoms with Crippen molar-refractivity contribution in [2.75, 3.05) is 0 Å². The van der Waals surface area contributed by atoms with Crippen LogP contribution in [0.25, 0.3) is 21.5 Å². The summed E-state index contributed by atoms with van der Waals surface area (Å²) in [6.45, 7) is 3.88. The van der Waals surface area contributed by atoms with Crippen LogP contribution >= 0.6 is 11.3 Å². The number of fused-ring (bicyclic) bond motifs is 1. The van der Waals surface area contributed by atoms with Crippen molar-refractivity contribution in [1.29, 1.82) is 0 Å². The van der Waals surface area contributed by atoms with Crippen molar-refractivity contribution in [2.24, 2.45) is 7.05 Å². The Morgan fingerprint density at radius 2 is 1.96 bits per heavy atom. The van der Waals surface area contributed by atoms with E-state index in [2.05, 4.69) is 15.0 Å². The van der Waals surface area contributed by atoms with Crippen LogP contribution in [0.1, 0.15) is 11.3 Å². The first kappa shape index (κ1) is 16.4. The van der Waals surface area contributed by atoms with Crippen molar-refractivity contribution in [3.63, 3.8) is 0 Å². The molecule has 0 radical (unpaired) electrons. The minimum absolute atomic E-state index is 0.133. The van der Waals surface area contributed by atoms with Gasteiger partial charge < -0.3 is 9.30 Å². The Hall–Kier alpha value is -3.06. The molecule has 3 aromatic heterocycles. The highest BCUT2D eigenvalue weighted by Crippen LogP contribution is 2.33. The number of ether oxygens (including phenoxy) is 1. The molecule has 0 aliphatic heterocycles. The van der Waals surface area contributed by atoms with Gasteiger partial charge in [-0.2, -0.15) is 0 Å². The second-order valence-corrected chi connectivity index (χ2v) is 6.84. The summed E-state index contributed by atoms with van der Waals surface area (Å²) in [5.41, 5.74) is 6.07. The molecule has 3 heterocycles. The Morgan fingerprint density at radius 3 is 2.77 bits per heavy atom. The van der Waals surface area contributed by atoms with E-state index in [0.717, 1.165) is 32.7 Å². The smallest absolute Gasteiger partial charge is 0.269 e. The van der Waals surface area contributed by atoms with Crippen LogP contribution < -0.4 is 10.3 Å². The molecule has 0 atom stereocenters. The van der Waals surface area contributed by atoms with Crippen LogP contribution in [0.3, 0.4) is 0 Å². The molecule has 1 aromatic carbocycles. The molecule has 0 bridgehead atoms. The normalized spacial score (nSPS) is 11.0. The van der Waals surface area contributed by atoms with E-state index in [0.29, 0.717) is 11.6 Å². The summed E-state index contributed by atoms with van der Waals surface area (Å²) in [7, 11) is 1.75. The number of benzene rings is 1. The van der Waals surface area contributed by atoms with Gasteiger partial charge in [0.2, 0.25) is 5.88 Å². The van der Waals surface area contributed by atoms with Gasteiger partial charge in [-0.3, -0.25) is 9.78 Å². The maximum absolute atomic E-state index is 11.9. The molecule has 0 spiro atoms. The third-order valence-corrected chi connectivity index (χ3v) is 5.09. The van der Waals surface area contributed by atoms with Gasteiger partial charge in [0, 0.05) is 18.8 Å². The van der Waals surface area contributed by atoms with Crippen LogP contribution in [0.5, 0.6) is 11.6 Å². The highest BCUT2D eigenvalue weighted by molar-refractivity contribution is 7.17. The molecule has 0 saturated heterocycles. The van der Waals surface area contributed by atoms with E-state index in [9.17, 15) is 4.79 Å². The van der Waals surface area contributed by atoms with Gasteiger partial charge in [0.15, 0.2) is 0 Å². The average molecular weight is 364 g/mol. The molecule has 0 aliphatic rings. The second-order valence-electron chi connectivity index (χ2n) is 5.98. The number of hydrogen-bond donors (Lipinski definition) is 0. The van der Waals surface area contributed by atoms with Crippen molar-refractivity contribution in [3.05, 3.63) is 63.8 Å². The molecule has 0 N–H and O–H groups in total. The summed E-state index contributed by atoms with van der Waals surface area (Å²) in [6, 6.07) is 7.62. The Balaban J connectivity index is 1.75. The average Bonchev–Trinajstić information content (AvgIpc) is 3.10. The van der Waals surface area contributed by atoms with Crippen LogP contribution in [0.15, 0.2) is 47.0 Å². The highest BCUT2D eigenvalue weighted by atomic mass is 32.1.